The Kier molecular flexibility index (Phi) is 4.69. The second kappa shape index (κ2) is 7.27. The third kappa shape index (κ3) is 3.47. The summed E-state index contributed by atoms with van der Waals surface area (Å²) in [4.78, 5) is 23.9. The highest BCUT2D eigenvalue weighted by molar-refractivity contribution is 8.18. The molecule has 0 spiro atoms. The maximum absolute atomic E-state index is 12.5. The van der Waals surface area contributed by atoms with Crippen molar-refractivity contribution in [2.75, 3.05) is 7.05 Å². The van der Waals surface area contributed by atoms with Gasteiger partial charge < -0.3 is 0 Å². The van der Waals surface area contributed by atoms with Gasteiger partial charge in [0.1, 0.15) is 0 Å². The summed E-state index contributed by atoms with van der Waals surface area (Å²) in [7, 11) is 1.74. The molecule has 6 heteroatoms. The Balaban J connectivity index is 1.59. The summed E-state index contributed by atoms with van der Waals surface area (Å²) >= 11 is 2.85. The number of thioether (sulfide) groups is 1. The van der Waals surface area contributed by atoms with Crippen LogP contribution in [0.1, 0.15) is 5.56 Å². The lowest BCUT2D eigenvalue weighted by atomic mass is 10.2. The molecule has 1 aromatic heterocycles. The average molecular weight is 377 g/mol. The SMILES string of the molecule is CN1C(=O)/C(=C/c2ccccc2)S/C1=N/c1nc(-c2ccccc2)cs1. The summed E-state index contributed by atoms with van der Waals surface area (Å²) in [5.41, 5.74) is 2.95. The van der Waals surface area contributed by atoms with Crippen molar-refractivity contribution in [3.05, 3.63) is 76.5 Å². The van der Waals surface area contributed by atoms with E-state index in [1.165, 1.54) is 23.1 Å². The largest absolute Gasteiger partial charge is 0.289 e. The van der Waals surface area contributed by atoms with Crippen molar-refractivity contribution in [1.29, 1.82) is 0 Å². The number of hydrogen-bond acceptors (Lipinski definition) is 5. The van der Waals surface area contributed by atoms with Gasteiger partial charge in [0, 0.05) is 18.0 Å². The van der Waals surface area contributed by atoms with E-state index >= 15 is 0 Å². The quantitative estimate of drug-likeness (QED) is 0.601. The number of benzene rings is 2. The Morgan fingerprint density at radius 3 is 2.46 bits per heavy atom. The number of carbonyl (C=O) groups excluding carboxylic acids is 1. The minimum absolute atomic E-state index is 0.0440. The van der Waals surface area contributed by atoms with Crippen LogP contribution < -0.4 is 0 Å². The van der Waals surface area contributed by atoms with Gasteiger partial charge in [0.2, 0.25) is 5.13 Å². The first-order chi connectivity index (χ1) is 12.7. The van der Waals surface area contributed by atoms with E-state index in [1.54, 1.807) is 11.9 Å². The summed E-state index contributed by atoms with van der Waals surface area (Å²) in [5.74, 6) is -0.0440. The van der Waals surface area contributed by atoms with Crippen LogP contribution in [0.3, 0.4) is 0 Å². The van der Waals surface area contributed by atoms with Crippen LogP contribution >= 0.6 is 23.1 Å². The van der Waals surface area contributed by atoms with Crippen molar-refractivity contribution in [1.82, 2.24) is 9.88 Å². The van der Waals surface area contributed by atoms with Crippen LogP contribution in [0, 0.1) is 0 Å². The minimum atomic E-state index is -0.0440. The van der Waals surface area contributed by atoms with Gasteiger partial charge in [-0.1, -0.05) is 60.7 Å². The molecule has 2 heterocycles. The maximum Gasteiger partial charge on any atom is 0.266 e. The van der Waals surface area contributed by atoms with Gasteiger partial charge in [-0.25, -0.2) is 4.98 Å². The number of thiazole rings is 1. The lowest BCUT2D eigenvalue weighted by molar-refractivity contribution is -0.121. The molecule has 4 nitrogen and oxygen atoms in total. The summed E-state index contributed by atoms with van der Waals surface area (Å²) in [6, 6.07) is 19.8. The van der Waals surface area contributed by atoms with Crippen LogP contribution in [0.15, 0.2) is 75.9 Å². The molecule has 128 valence electrons. The fourth-order valence-electron chi connectivity index (χ4n) is 2.49. The summed E-state index contributed by atoms with van der Waals surface area (Å²) < 4.78 is 0. The molecule has 0 bridgehead atoms. The zero-order valence-electron chi connectivity index (χ0n) is 14.0. The number of aromatic nitrogens is 1. The Bertz CT molecular complexity index is 994. The van der Waals surface area contributed by atoms with Crippen LogP contribution in [-0.2, 0) is 4.79 Å². The van der Waals surface area contributed by atoms with E-state index in [4.69, 9.17) is 0 Å². The van der Waals surface area contributed by atoms with Crippen molar-refractivity contribution in [2.45, 2.75) is 0 Å². The van der Waals surface area contributed by atoms with Crippen molar-refractivity contribution in [3.8, 4) is 11.3 Å². The van der Waals surface area contributed by atoms with Crippen LogP contribution in [0.5, 0.6) is 0 Å². The number of amidine groups is 1. The smallest absolute Gasteiger partial charge is 0.266 e. The predicted molar refractivity (Wildman–Crippen MR) is 109 cm³/mol. The first-order valence-electron chi connectivity index (χ1n) is 8.03. The molecular weight excluding hydrogens is 362 g/mol. The van der Waals surface area contributed by atoms with Gasteiger partial charge in [-0.2, -0.15) is 4.99 Å². The molecule has 0 aliphatic carbocycles. The predicted octanol–water partition coefficient (Wildman–Crippen LogP) is 5.04. The van der Waals surface area contributed by atoms with Crippen molar-refractivity contribution >= 4 is 45.4 Å². The second-order valence-electron chi connectivity index (χ2n) is 5.66. The van der Waals surface area contributed by atoms with Crippen molar-refractivity contribution < 1.29 is 4.79 Å². The maximum atomic E-state index is 12.5. The van der Waals surface area contributed by atoms with Gasteiger partial charge in [0.25, 0.3) is 5.91 Å². The molecular formula is C20H15N3OS2. The highest BCUT2D eigenvalue weighted by Gasteiger charge is 2.30. The third-order valence-electron chi connectivity index (χ3n) is 3.85. The van der Waals surface area contributed by atoms with E-state index in [0.29, 0.717) is 15.2 Å². The molecule has 0 atom stereocenters. The second-order valence-corrected chi connectivity index (χ2v) is 7.51. The van der Waals surface area contributed by atoms with Crippen molar-refractivity contribution in [2.24, 2.45) is 4.99 Å². The number of hydrogen-bond donors (Lipinski definition) is 0. The Labute approximate surface area is 159 Å². The topological polar surface area (TPSA) is 45.6 Å². The summed E-state index contributed by atoms with van der Waals surface area (Å²) in [6.07, 6.45) is 1.89. The summed E-state index contributed by atoms with van der Waals surface area (Å²) in [5, 5.41) is 3.27. The standard InChI is InChI=1S/C20H15N3OS2/c1-23-18(24)17(12-14-8-4-2-5-9-14)26-20(23)22-19-21-16(13-25-19)15-10-6-3-7-11-15/h2-13H,1H3/b17-12-,22-20+. The number of aliphatic imine (C=N–C) groups is 1. The molecule has 1 aliphatic rings. The number of carbonyl (C=O) groups is 1. The molecule has 26 heavy (non-hydrogen) atoms. The monoisotopic (exact) mass is 377 g/mol. The number of nitrogens with zero attached hydrogens (tertiary/aromatic N) is 3. The van der Waals surface area contributed by atoms with Crippen LogP contribution in [0.2, 0.25) is 0 Å². The van der Waals surface area contributed by atoms with Crippen LogP contribution in [-0.4, -0.2) is 28.0 Å². The number of rotatable bonds is 3. The Morgan fingerprint density at radius 1 is 1.04 bits per heavy atom. The molecule has 4 rings (SSSR count). The fraction of sp³-hybridized carbons (Fsp3) is 0.0500. The van der Waals surface area contributed by atoms with E-state index in [-0.39, 0.29) is 5.91 Å². The molecule has 0 N–H and O–H groups in total. The zero-order chi connectivity index (χ0) is 17.9. The lowest BCUT2D eigenvalue weighted by Crippen LogP contribution is -2.23. The molecule has 2 aromatic carbocycles. The molecule has 1 saturated heterocycles. The first kappa shape index (κ1) is 16.8. The molecule has 1 aliphatic heterocycles. The van der Waals surface area contributed by atoms with E-state index in [0.717, 1.165) is 16.8 Å². The number of likely N-dealkylation sites (N-methyl/N-ethyl adjacent to an activating group) is 1. The van der Waals surface area contributed by atoms with Gasteiger partial charge in [0.15, 0.2) is 5.17 Å². The molecule has 0 unspecified atom stereocenters. The van der Waals surface area contributed by atoms with Gasteiger partial charge >= 0.3 is 0 Å². The number of amides is 1. The molecule has 3 aromatic rings. The van der Waals surface area contributed by atoms with E-state index < -0.39 is 0 Å². The summed E-state index contributed by atoms with van der Waals surface area (Å²) in [6.45, 7) is 0. The van der Waals surface area contributed by atoms with E-state index in [9.17, 15) is 4.79 Å². The normalized spacial score (nSPS) is 17.4. The molecule has 0 saturated carbocycles. The molecule has 0 radical (unpaired) electrons. The van der Waals surface area contributed by atoms with Gasteiger partial charge in [-0.15, -0.1) is 11.3 Å². The van der Waals surface area contributed by atoms with Gasteiger partial charge in [-0.3, -0.25) is 9.69 Å². The van der Waals surface area contributed by atoms with Crippen LogP contribution in [0.4, 0.5) is 5.13 Å². The Hall–Kier alpha value is -2.70. The van der Waals surface area contributed by atoms with Gasteiger partial charge in [-0.05, 0) is 23.4 Å². The zero-order valence-corrected chi connectivity index (χ0v) is 15.6. The van der Waals surface area contributed by atoms with E-state index in [2.05, 4.69) is 9.98 Å². The average Bonchev–Trinajstić information content (AvgIpc) is 3.25. The molecule has 1 amide bonds. The Morgan fingerprint density at radius 2 is 1.73 bits per heavy atom. The third-order valence-corrected chi connectivity index (χ3v) is 5.65. The highest BCUT2D eigenvalue weighted by Crippen LogP contribution is 2.34. The van der Waals surface area contributed by atoms with E-state index in [1.807, 2.05) is 72.1 Å². The fourth-order valence-corrected chi connectivity index (χ4v) is 4.21. The minimum Gasteiger partial charge on any atom is -0.289 e. The molecule has 1 fully saturated rings. The van der Waals surface area contributed by atoms with Crippen molar-refractivity contribution in [3.63, 3.8) is 0 Å². The lowest BCUT2D eigenvalue weighted by Gasteiger charge is -2.05. The van der Waals surface area contributed by atoms with Gasteiger partial charge in [0.05, 0.1) is 10.6 Å². The van der Waals surface area contributed by atoms with Crippen LogP contribution in [0.25, 0.3) is 17.3 Å². The first-order valence-corrected chi connectivity index (χ1v) is 9.72. The highest BCUT2D eigenvalue weighted by atomic mass is 32.2.